The predicted molar refractivity (Wildman–Crippen MR) is 82.6 cm³/mol. The van der Waals surface area contributed by atoms with E-state index in [0.29, 0.717) is 4.47 Å². The molecule has 1 aromatic rings. The molecule has 0 aliphatic rings. The van der Waals surface area contributed by atoms with Gasteiger partial charge in [-0.2, -0.15) is 0 Å². The van der Waals surface area contributed by atoms with Gasteiger partial charge in [0, 0.05) is 15.0 Å². The predicted octanol–water partition coefficient (Wildman–Crippen LogP) is 2.82. The number of rotatable bonds is 5. The molecule has 2 N–H and O–H groups in total. The first-order valence-corrected chi connectivity index (χ1v) is 8.84. The summed E-state index contributed by atoms with van der Waals surface area (Å²) in [4.78, 5) is 0.157. The van der Waals surface area contributed by atoms with Crippen LogP contribution in [0.3, 0.4) is 0 Å². The van der Waals surface area contributed by atoms with Gasteiger partial charge in [0.15, 0.2) is 0 Å². The second-order valence-corrected chi connectivity index (χ2v) is 8.08. The molecule has 0 fully saturated rings. The lowest BCUT2D eigenvalue weighted by Gasteiger charge is -2.20. The third kappa shape index (κ3) is 4.26. The molecule has 0 saturated heterocycles. The second kappa shape index (κ2) is 6.67. The summed E-state index contributed by atoms with van der Waals surface area (Å²) in [6.07, 6.45) is 0. The van der Waals surface area contributed by atoms with Crippen LogP contribution in [0.1, 0.15) is 19.4 Å². The van der Waals surface area contributed by atoms with Crippen molar-refractivity contribution in [3.63, 3.8) is 0 Å². The minimum Gasteiger partial charge on any atom is -0.395 e. The molecule has 0 amide bonds. The molecule has 7 heteroatoms. The van der Waals surface area contributed by atoms with Crippen molar-refractivity contribution in [2.24, 2.45) is 5.92 Å². The molecule has 4 nitrogen and oxygen atoms in total. The maximum atomic E-state index is 12.3. The Hall–Kier alpha value is 0.0500. The van der Waals surface area contributed by atoms with Gasteiger partial charge in [-0.3, -0.25) is 0 Å². The van der Waals surface area contributed by atoms with Crippen LogP contribution in [0, 0.1) is 12.8 Å². The summed E-state index contributed by atoms with van der Waals surface area (Å²) >= 11 is 6.59. The minimum absolute atomic E-state index is 0.00689. The van der Waals surface area contributed by atoms with Crippen molar-refractivity contribution >= 4 is 41.9 Å². The Kier molecular flexibility index (Phi) is 6.00. The molecule has 0 aliphatic carbocycles. The molecule has 19 heavy (non-hydrogen) atoms. The van der Waals surface area contributed by atoms with E-state index in [2.05, 4.69) is 36.6 Å². The molecule has 0 bridgehead atoms. The minimum atomic E-state index is -3.67. The molecule has 0 spiro atoms. The van der Waals surface area contributed by atoms with E-state index in [1.807, 2.05) is 20.8 Å². The van der Waals surface area contributed by atoms with Gasteiger partial charge in [-0.15, -0.1) is 0 Å². The standard InChI is InChI=1S/C12H17Br2NO3S/c1-7(2)11(6-16)15-19(17,18)12-5-9(13)8(3)4-10(12)14/h4-5,7,11,15-16H,6H2,1-3H3. The van der Waals surface area contributed by atoms with Crippen molar-refractivity contribution in [2.45, 2.75) is 31.7 Å². The van der Waals surface area contributed by atoms with Crippen molar-refractivity contribution in [3.05, 3.63) is 26.6 Å². The first-order chi connectivity index (χ1) is 8.69. The van der Waals surface area contributed by atoms with Gasteiger partial charge in [0.05, 0.1) is 11.5 Å². The fourth-order valence-corrected chi connectivity index (χ4v) is 4.53. The van der Waals surface area contributed by atoms with Crippen molar-refractivity contribution < 1.29 is 13.5 Å². The Balaban J connectivity index is 3.17. The summed E-state index contributed by atoms with van der Waals surface area (Å²) < 4.78 is 28.4. The van der Waals surface area contributed by atoms with Gasteiger partial charge in [0.1, 0.15) is 0 Å². The molecule has 0 saturated carbocycles. The largest absolute Gasteiger partial charge is 0.395 e. The van der Waals surface area contributed by atoms with Gasteiger partial charge >= 0.3 is 0 Å². The van der Waals surface area contributed by atoms with E-state index in [-0.39, 0.29) is 17.4 Å². The van der Waals surface area contributed by atoms with Crippen LogP contribution in [-0.4, -0.2) is 26.2 Å². The first kappa shape index (κ1) is 17.1. The van der Waals surface area contributed by atoms with Crippen LogP contribution in [-0.2, 0) is 10.0 Å². The van der Waals surface area contributed by atoms with Crippen LogP contribution >= 0.6 is 31.9 Å². The number of hydrogen-bond donors (Lipinski definition) is 2. The van der Waals surface area contributed by atoms with Crippen LogP contribution < -0.4 is 4.72 Å². The Labute approximate surface area is 130 Å². The third-order valence-corrected chi connectivity index (χ3v) is 6.11. The molecule has 1 atom stereocenters. The molecular weight excluding hydrogens is 398 g/mol. The molecule has 0 aliphatic heterocycles. The zero-order valence-corrected chi connectivity index (χ0v) is 14.9. The Morgan fingerprint density at radius 1 is 1.26 bits per heavy atom. The van der Waals surface area contributed by atoms with Gasteiger partial charge in [0.25, 0.3) is 0 Å². The summed E-state index contributed by atoms with van der Waals surface area (Å²) in [5.41, 5.74) is 0.938. The van der Waals surface area contributed by atoms with Crippen LogP contribution in [0.25, 0.3) is 0 Å². The zero-order valence-electron chi connectivity index (χ0n) is 10.9. The van der Waals surface area contributed by atoms with Crippen LogP contribution in [0.2, 0.25) is 0 Å². The van der Waals surface area contributed by atoms with E-state index < -0.39 is 16.1 Å². The van der Waals surface area contributed by atoms with E-state index in [4.69, 9.17) is 0 Å². The molecule has 1 aromatic carbocycles. The number of nitrogens with one attached hydrogen (secondary N) is 1. The zero-order chi connectivity index (χ0) is 14.8. The summed E-state index contributed by atoms with van der Waals surface area (Å²) in [6, 6.07) is 2.79. The lowest BCUT2D eigenvalue weighted by molar-refractivity contribution is 0.227. The van der Waals surface area contributed by atoms with E-state index in [1.54, 1.807) is 12.1 Å². The Morgan fingerprint density at radius 3 is 2.32 bits per heavy atom. The van der Waals surface area contributed by atoms with Gasteiger partial charge < -0.3 is 5.11 Å². The highest BCUT2D eigenvalue weighted by Crippen LogP contribution is 2.29. The highest BCUT2D eigenvalue weighted by molar-refractivity contribution is 9.11. The smallest absolute Gasteiger partial charge is 0.242 e. The van der Waals surface area contributed by atoms with E-state index >= 15 is 0 Å². The van der Waals surface area contributed by atoms with Gasteiger partial charge in [-0.25, -0.2) is 13.1 Å². The van der Waals surface area contributed by atoms with E-state index in [1.165, 1.54) is 0 Å². The van der Waals surface area contributed by atoms with Crippen molar-refractivity contribution in [1.82, 2.24) is 4.72 Å². The van der Waals surface area contributed by atoms with Gasteiger partial charge in [0.2, 0.25) is 10.0 Å². The van der Waals surface area contributed by atoms with Crippen LogP contribution in [0.15, 0.2) is 26.0 Å². The average Bonchev–Trinajstić information content (AvgIpc) is 2.30. The molecular formula is C12H17Br2NO3S. The van der Waals surface area contributed by atoms with E-state index in [9.17, 15) is 13.5 Å². The van der Waals surface area contributed by atoms with Crippen molar-refractivity contribution in [3.8, 4) is 0 Å². The van der Waals surface area contributed by atoms with Crippen molar-refractivity contribution in [1.29, 1.82) is 0 Å². The summed E-state index contributed by atoms with van der Waals surface area (Å²) in [6.45, 7) is 5.35. The molecule has 0 aromatic heterocycles. The van der Waals surface area contributed by atoms with Gasteiger partial charge in [-0.1, -0.05) is 29.8 Å². The van der Waals surface area contributed by atoms with Crippen LogP contribution in [0.5, 0.6) is 0 Å². The summed E-state index contributed by atoms with van der Waals surface area (Å²) in [7, 11) is -3.67. The highest BCUT2D eigenvalue weighted by atomic mass is 79.9. The number of benzene rings is 1. The normalized spacial score (nSPS) is 13.8. The fraction of sp³-hybridized carbons (Fsp3) is 0.500. The lowest BCUT2D eigenvalue weighted by Crippen LogP contribution is -2.41. The maximum Gasteiger partial charge on any atom is 0.242 e. The Morgan fingerprint density at radius 2 is 1.84 bits per heavy atom. The average molecular weight is 415 g/mol. The number of halogens is 2. The third-order valence-electron chi connectivity index (χ3n) is 2.81. The highest BCUT2D eigenvalue weighted by Gasteiger charge is 2.24. The topological polar surface area (TPSA) is 66.4 Å². The second-order valence-electron chi connectivity index (χ2n) is 4.69. The Bertz CT molecular complexity index is 558. The molecule has 0 heterocycles. The monoisotopic (exact) mass is 413 g/mol. The SMILES string of the molecule is Cc1cc(Br)c(S(=O)(=O)NC(CO)C(C)C)cc1Br. The number of aliphatic hydroxyl groups excluding tert-OH is 1. The molecule has 0 radical (unpaired) electrons. The lowest BCUT2D eigenvalue weighted by atomic mass is 10.1. The molecule has 108 valence electrons. The fourth-order valence-electron chi connectivity index (χ4n) is 1.48. The number of aryl methyl sites for hydroxylation is 1. The maximum absolute atomic E-state index is 12.3. The number of sulfonamides is 1. The number of aliphatic hydroxyl groups is 1. The van der Waals surface area contributed by atoms with Gasteiger partial charge in [-0.05, 0) is 46.5 Å². The van der Waals surface area contributed by atoms with Crippen LogP contribution in [0.4, 0.5) is 0 Å². The van der Waals surface area contributed by atoms with Crippen molar-refractivity contribution in [2.75, 3.05) is 6.61 Å². The molecule has 1 unspecified atom stereocenters. The first-order valence-electron chi connectivity index (χ1n) is 5.78. The number of hydrogen-bond acceptors (Lipinski definition) is 3. The summed E-state index contributed by atoms with van der Waals surface area (Å²) in [5, 5.41) is 9.23. The summed E-state index contributed by atoms with van der Waals surface area (Å²) in [5.74, 6) is 0.00689. The molecule has 1 rings (SSSR count). The quantitative estimate of drug-likeness (QED) is 0.778. The van der Waals surface area contributed by atoms with E-state index in [0.717, 1.165) is 10.0 Å².